The molecular formula is C93H124ClNO32P2. The number of phosphoric ester groups is 2. The van der Waals surface area contributed by atoms with Gasteiger partial charge in [0.25, 0.3) is 0 Å². The van der Waals surface area contributed by atoms with E-state index in [9.17, 15) is 5.26 Å². The Morgan fingerprint density at radius 2 is 0.558 bits per heavy atom. The third-order valence-corrected chi connectivity index (χ3v) is 22.2. The van der Waals surface area contributed by atoms with E-state index < -0.39 is 96.9 Å². The molecular weight excluding hydrogens is 1740 g/mol. The molecule has 3 fully saturated rings. The van der Waals surface area contributed by atoms with Crippen molar-refractivity contribution in [2.45, 2.75) is 94.3 Å². The summed E-state index contributed by atoms with van der Waals surface area (Å²) < 4.78 is 220. The molecule has 0 bridgehead atoms. The highest BCUT2D eigenvalue weighted by molar-refractivity contribution is 7.49. The smallest absolute Gasteiger partial charge is 0.462 e. The van der Waals surface area contributed by atoms with E-state index in [0.717, 1.165) is 22.3 Å². The number of nitrogens with zero attached hydrogens (tertiary/aromatic N) is 1. The predicted molar refractivity (Wildman–Crippen MR) is 470 cm³/mol. The number of para-hydroxylation sites is 3. The van der Waals surface area contributed by atoms with Gasteiger partial charge in [-0.2, -0.15) is 5.26 Å². The Kier molecular flexibility index (Phi) is 52.4. The molecule has 12 atom stereocenters. The number of ether oxygens (including phenoxy) is 24. The highest BCUT2D eigenvalue weighted by Crippen LogP contribution is 2.58. The van der Waals surface area contributed by atoms with Crippen LogP contribution in [0.25, 0.3) is 0 Å². The van der Waals surface area contributed by atoms with Crippen LogP contribution < -0.4 is 14.0 Å². The van der Waals surface area contributed by atoms with Crippen molar-refractivity contribution in [3.8, 4) is 23.3 Å². The monoisotopic (exact) mass is 1860 g/mol. The zero-order chi connectivity index (χ0) is 89.6. The van der Waals surface area contributed by atoms with Crippen molar-refractivity contribution in [1.29, 1.82) is 5.26 Å². The average Bonchev–Trinajstić information content (AvgIpc) is 0.760. The number of nitriles is 1. The molecule has 3 heterocycles. The molecule has 3 saturated heterocycles. The van der Waals surface area contributed by atoms with Gasteiger partial charge in [0.2, 0.25) is 12.6 Å². The molecule has 2 unspecified atom stereocenters. The van der Waals surface area contributed by atoms with Gasteiger partial charge in [-0.1, -0.05) is 181 Å². The molecule has 710 valence electrons. The first-order chi connectivity index (χ1) is 63.7. The number of hydrogen-bond donors (Lipinski definition) is 0. The maximum absolute atomic E-state index is 16.6. The Bertz CT molecular complexity index is 4060. The van der Waals surface area contributed by atoms with Gasteiger partial charge in [0.1, 0.15) is 66.1 Å². The minimum atomic E-state index is -5.25. The summed E-state index contributed by atoms with van der Waals surface area (Å²) in [5.74, 6) is 0.513. The lowest BCUT2D eigenvalue weighted by atomic mass is 9.98. The summed E-state index contributed by atoms with van der Waals surface area (Å²) in [6, 6.07) is 65.2. The second-order valence-electron chi connectivity index (χ2n) is 28.7. The van der Waals surface area contributed by atoms with Gasteiger partial charge in [-0.25, -0.2) is 9.13 Å². The second-order valence-corrected chi connectivity index (χ2v) is 32.3. The molecule has 0 N–H and O–H groups in total. The van der Waals surface area contributed by atoms with Crippen LogP contribution in [-0.2, 0) is 162 Å². The molecule has 33 nitrogen and oxygen atoms in total. The first kappa shape index (κ1) is 104. The minimum Gasteiger partial charge on any atom is -0.462 e. The molecule has 10 rings (SSSR count). The molecule has 0 spiro atoms. The van der Waals surface area contributed by atoms with Crippen molar-refractivity contribution >= 4 is 27.2 Å². The van der Waals surface area contributed by atoms with Crippen LogP contribution in [-0.4, -0.2) is 293 Å². The fourth-order valence-corrected chi connectivity index (χ4v) is 15.8. The Balaban J connectivity index is 0.869. The molecule has 0 aromatic heterocycles. The van der Waals surface area contributed by atoms with Gasteiger partial charge >= 0.3 is 15.6 Å². The Morgan fingerprint density at radius 1 is 0.302 bits per heavy atom. The normalized spacial score (nSPS) is 21.8. The van der Waals surface area contributed by atoms with E-state index in [4.69, 9.17) is 152 Å². The lowest BCUT2D eigenvalue weighted by molar-refractivity contribution is -0.301. The summed E-state index contributed by atoms with van der Waals surface area (Å²) >= 11 is 6.88. The number of halogens is 1. The molecule has 0 radical (unpaired) electrons. The maximum atomic E-state index is 16.6. The molecule has 0 aliphatic carbocycles. The fraction of sp³-hybridized carbons (Fsp3) is 0.538. The summed E-state index contributed by atoms with van der Waals surface area (Å²) in [5.41, 5.74) is 4.28. The van der Waals surface area contributed by atoms with E-state index in [1.165, 1.54) is 12.1 Å². The zero-order valence-electron chi connectivity index (χ0n) is 73.0. The fourth-order valence-electron chi connectivity index (χ4n) is 12.8. The molecule has 0 saturated carbocycles. The Hall–Kier alpha value is -6.90. The summed E-state index contributed by atoms with van der Waals surface area (Å²) in [6.45, 7) is 6.51. The predicted octanol–water partition coefficient (Wildman–Crippen LogP) is 12.9. The molecule has 129 heavy (non-hydrogen) atoms. The van der Waals surface area contributed by atoms with Crippen molar-refractivity contribution in [3.05, 3.63) is 234 Å². The van der Waals surface area contributed by atoms with Crippen molar-refractivity contribution in [2.24, 2.45) is 0 Å². The van der Waals surface area contributed by atoms with Crippen LogP contribution >= 0.6 is 27.2 Å². The van der Waals surface area contributed by atoms with Gasteiger partial charge in [-0.3, -0.25) is 22.6 Å². The van der Waals surface area contributed by atoms with Crippen LogP contribution in [0.3, 0.4) is 0 Å². The number of benzene rings is 7. The number of rotatable bonds is 69. The second kappa shape index (κ2) is 64.9. The lowest BCUT2D eigenvalue weighted by Crippen LogP contribution is -2.63. The molecule has 7 aromatic rings. The van der Waals surface area contributed by atoms with Gasteiger partial charge in [0, 0.05) is 0 Å². The quantitative estimate of drug-likeness (QED) is 0.0252. The van der Waals surface area contributed by atoms with Crippen molar-refractivity contribution in [3.63, 3.8) is 0 Å². The maximum Gasteiger partial charge on any atom is 0.530 e. The summed E-state index contributed by atoms with van der Waals surface area (Å²) in [6.07, 6.45) is -15.1. The third kappa shape index (κ3) is 42.5. The number of fused-ring (bicyclic) bond motifs is 2. The van der Waals surface area contributed by atoms with Crippen molar-refractivity contribution in [2.75, 3.05) is 231 Å². The third-order valence-electron chi connectivity index (χ3n) is 19.0. The topological polar surface area (TPSA) is 335 Å². The van der Waals surface area contributed by atoms with Gasteiger partial charge in [0.05, 0.1) is 275 Å². The van der Waals surface area contributed by atoms with E-state index in [1.807, 2.05) is 127 Å². The van der Waals surface area contributed by atoms with Crippen LogP contribution in [0.2, 0.25) is 5.02 Å². The highest BCUT2D eigenvalue weighted by atomic mass is 35.5. The van der Waals surface area contributed by atoms with Gasteiger partial charge < -0.3 is 118 Å². The Labute approximate surface area is 761 Å². The molecule has 36 heteroatoms. The van der Waals surface area contributed by atoms with E-state index in [0.29, 0.717) is 144 Å². The van der Waals surface area contributed by atoms with Crippen LogP contribution in [0.1, 0.15) is 28.7 Å². The molecule has 3 aliphatic heterocycles. The minimum absolute atomic E-state index is 0.0142. The molecule has 7 aromatic carbocycles. The van der Waals surface area contributed by atoms with E-state index in [-0.39, 0.29) is 123 Å². The van der Waals surface area contributed by atoms with Gasteiger partial charge in [-0.05, 0) is 58.7 Å². The SMILES string of the molecule is N#CCCOP1(=O)OC[C@H]2O[C@@H](Oc3ccccc3)[C@H](OCCOCCOCCOCCOCc3ccccc3)[C@@H](OCCOCCOCCOCCOCc3ccccc3)[C@@H]2OP(=O)(Oc2ccccc2Cl)OC[C@H]2O[C@@H](Oc3ccccc3)[C@H](OCCOCCOCCOCCOCc3ccccc3)[C@@H](OCCOCCOCCOCCOCc3ccccc3)[C@@H]2O1. The molecule has 0 amide bonds. The van der Waals surface area contributed by atoms with Gasteiger partial charge in [0.15, 0.2) is 0 Å². The van der Waals surface area contributed by atoms with Crippen LogP contribution in [0.4, 0.5) is 0 Å². The van der Waals surface area contributed by atoms with Crippen molar-refractivity contribution < 1.29 is 150 Å². The first-order valence-corrected chi connectivity index (χ1v) is 46.9. The molecule has 3 aliphatic rings. The summed E-state index contributed by atoms with van der Waals surface area (Å²) in [7, 11) is -10.4. The average molecular weight is 1870 g/mol. The van der Waals surface area contributed by atoms with E-state index in [2.05, 4.69) is 0 Å². The Morgan fingerprint density at radius 3 is 0.860 bits per heavy atom. The van der Waals surface area contributed by atoms with E-state index in [1.54, 1.807) is 72.8 Å². The van der Waals surface area contributed by atoms with Crippen LogP contribution in [0, 0.1) is 11.3 Å². The standard InChI is InChI=1S/C93H124ClNO32P2/c94-82-34-19-20-35-83(82)125-129(97)120-75-85-86(88(114-66-62-106-50-46-98-38-42-102-54-58-110-70-76-22-7-1-8-23-76)90(92(124-85)121-80-30-15-5-16-31-80)116-68-64-108-52-48-100-40-44-104-56-60-112-72-78-26-11-3-12-27-78)126-128(96,118-37-21-36-95)119-74-84-87(127-129)89(115-67-63-107-51-47-99-39-43-103-55-59-111-71-77-24-9-2-10-25-77)91(93(123-84)122-81-32-17-6-18-33-81)117-69-65-109-53-49-101-41-45-105-57-61-113-73-79-28-13-4-14-29-79/h1-20,22-35,84-93H,21,37-75H2/t84-,85-,86-,87-,88+,89+,90-,91-,92-,93-,128?,129?/m1/s1. The van der Waals surface area contributed by atoms with Crippen LogP contribution in [0.15, 0.2) is 206 Å². The largest absolute Gasteiger partial charge is 0.530 e. The first-order valence-electron chi connectivity index (χ1n) is 43.6. The summed E-state index contributed by atoms with van der Waals surface area (Å²) in [5, 5.41) is 10.0. The number of phosphoric acid groups is 2. The van der Waals surface area contributed by atoms with Crippen LogP contribution in [0.5, 0.6) is 17.2 Å². The highest BCUT2D eigenvalue weighted by Gasteiger charge is 2.57. The van der Waals surface area contributed by atoms with E-state index >= 15 is 9.13 Å². The van der Waals surface area contributed by atoms with Crippen molar-refractivity contribution in [1.82, 2.24) is 0 Å². The number of hydrogen-bond acceptors (Lipinski definition) is 33. The summed E-state index contributed by atoms with van der Waals surface area (Å²) in [4.78, 5) is 0. The van der Waals surface area contributed by atoms with Gasteiger partial charge in [-0.15, -0.1) is 0 Å². The lowest BCUT2D eigenvalue weighted by Gasteiger charge is -2.47. The zero-order valence-corrected chi connectivity index (χ0v) is 75.5.